The van der Waals surface area contributed by atoms with E-state index in [0.717, 1.165) is 24.3 Å². The topological polar surface area (TPSA) is 98.7 Å². The zero-order valence-electron chi connectivity index (χ0n) is 10.4. The van der Waals surface area contributed by atoms with Crippen LogP contribution in [0.25, 0.3) is 0 Å². The minimum Gasteiger partial charge on any atom is -0.481 e. The fraction of sp³-hybridized carbons (Fsp3) is 0.818. The maximum atomic E-state index is 11.6. The Morgan fingerprint density at radius 3 is 2.78 bits per heavy atom. The standard InChI is InChI=1S/C11H20N2O4S/c1-11(17,5-9(14)15)7-12-10(16)13-8-3-2-4-18-6-8/h8,17H,2-7H2,1H3,(H,14,15)(H2,12,13,16). The number of urea groups is 1. The highest BCUT2D eigenvalue weighted by Crippen LogP contribution is 2.16. The molecule has 0 radical (unpaired) electrons. The molecule has 18 heavy (non-hydrogen) atoms. The third-order valence-electron chi connectivity index (χ3n) is 2.66. The average Bonchev–Trinajstić information content (AvgIpc) is 2.26. The van der Waals surface area contributed by atoms with Crippen LogP contribution < -0.4 is 10.6 Å². The number of carbonyl (C=O) groups is 2. The van der Waals surface area contributed by atoms with E-state index in [9.17, 15) is 14.7 Å². The second-order valence-corrected chi connectivity index (χ2v) is 5.96. The lowest BCUT2D eigenvalue weighted by Gasteiger charge is -2.25. The van der Waals surface area contributed by atoms with E-state index in [0.29, 0.717) is 0 Å². The van der Waals surface area contributed by atoms with Gasteiger partial charge in [0.25, 0.3) is 0 Å². The van der Waals surface area contributed by atoms with Crippen LogP contribution in [0, 0.1) is 0 Å². The maximum Gasteiger partial charge on any atom is 0.315 e. The van der Waals surface area contributed by atoms with E-state index >= 15 is 0 Å². The second-order valence-electron chi connectivity index (χ2n) is 4.81. The molecule has 104 valence electrons. The molecule has 0 aromatic heterocycles. The van der Waals surface area contributed by atoms with Gasteiger partial charge in [0.05, 0.1) is 12.0 Å². The molecule has 7 heteroatoms. The van der Waals surface area contributed by atoms with Gasteiger partial charge in [0.15, 0.2) is 0 Å². The van der Waals surface area contributed by atoms with Gasteiger partial charge in [-0.1, -0.05) is 0 Å². The van der Waals surface area contributed by atoms with Crippen LogP contribution in [0.1, 0.15) is 26.2 Å². The van der Waals surface area contributed by atoms with Crippen LogP contribution in [0.4, 0.5) is 4.79 Å². The Morgan fingerprint density at radius 2 is 2.22 bits per heavy atom. The molecule has 1 saturated heterocycles. The Hall–Kier alpha value is -0.950. The number of aliphatic carboxylic acids is 1. The summed E-state index contributed by atoms with van der Waals surface area (Å²) >= 11 is 1.81. The number of rotatable bonds is 5. The number of carboxylic acids is 1. The molecule has 0 aromatic rings. The highest BCUT2D eigenvalue weighted by atomic mass is 32.2. The van der Waals surface area contributed by atoms with Crippen molar-refractivity contribution < 1.29 is 19.8 Å². The third kappa shape index (κ3) is 6.11. The van der Waals surface area contributed by atoms with Crippen molar-refractivity contribution in [2.75, 3.05) is 18.1 Å². The molecule has 2 atom stereocenters. The normalized spacial score (nSPS) is 22.9. The van der Waals surface area contributed by atoms with E-state index in [-0.39, 0.29) is 18.6 Å². The number of thioether (sulfide) groups is 1. The summed E-state index contributed by atoms with van der Waals surface area (Å²) in [4.78, 5) is 22.0. The summed E-state index contributed by atoms with van der Waals surface area (Å²) < 4.78 is 0. The molecule has 0 spiro atoms. The lowest BCUT2D eigenvalue weighted by molar-refractivity contribution is -0.141. The van der Waals surface area contributed by atoms with Gasteiger partial charge in [0, 0.05) is 18.3 Å². The number of nitrogens with one attached hydrogen (secondary N) is 2. The first kappa shape index (κ1) is 15.1. The summed E-state index contributed by atoms with van der Waals surface area (Å²) in [5, 5.41) is 23.6. The van der Waals surface area contributed by atoms with E-state index in [4.69, 9.17) is 5.11 Å². The summed E-state index contributed by atoms with van der Waals surface area (Å²) in [6.07, 6.45) is 1.66. The first-order chi connectivity index (χ1) is 8.39. The van der Waals surface area contributed by atoms with Crippen molar-refractivity contribution in [3.05, 3.63) is 0 Å². The van der Waals surface area contributed by atoms with E-state index in [1.165, 1.54) is 6.92 Å². The number of amides is 2. The summed E-state index contributed by atoms with van der Waals surface area (Å²) in [6.45, 7) is 1.31. The molecule has 2 amide bonds. The van der Waals surface area contributed by atoms with Crippen LogP contribution in [0.2, 0.25) is 0 Å². The number of carboxylic acid groups (broad SMARTS) is 1. The van der Waals surface area contributed by atoms with E-state index in [2.05, 4.69) is 10.6 Å². The predicted octanol–water partition coefficient (Wildman–Crippen LogP) is 0.407. The molecule has 1 aliphatic heterocycles. The van der Waals surface area contributed by atoms with Crippen LogP contribution in [-0.2, 0) is 4.79 Å². The smallest absolute Gasteiger partial charge is 0.315 e. The fourth-order valence-electron chi connectivity index (χ4n) is 1.75. The number of hydrogen-bond donors (Lipinski definition) is 4. The minimum absolute atomic E-state index is 0.0784. The SMILES string of the molecule is CC(O)(CNC(=O)NC1CCCSC1)CC(=O)O. The molecule has 1 heterocycles. The quantitative estimate of drug-likeness (QED) is 0.583. The Morgan fingerprint density at radius 1 is 1.50 bits per heavy atom. The Bertz CT molecular complexity index is 303. The minimum atomic E-state index is -1.43. The molecule has 4 N–H and O–H groups in total. The number of aliphatic hydroxyl groups is 1. The van der Waals surface area contributed by atoms with Crippen molar-refractivity contribution in [3.63, 3.8) is 0 Å². The monoisotopic (exact) mass is 276 g/mol. The molecule has 0 saturated carbocycles. The van der Waals surface area contributed by atoms with Gasteiger partial charge in [0.1, 0.15) is 0 Å². The largest absolute Gasteiger partial charge is 0.481 e. The van der Waals surface area contributed by atoms with Crippen LogP contribution in [0.15, 0.2) is 0 Å². The molecule has 1 aliphatic rings. The van der Waals surface area contributed by atoms with Gasteiger partial charge in [-0.3, -0.25) is 4.79 Å². The molecule has 0 aliphatic carbocycles. The highest BCUT2D eigenvalue weighted by Gasteiger charge is 2.25. The molecular formula is C11H20N2O4S. The van der Waals surface area contributed by atoms with Gasteiger partial charge in [-0.25, -0.2) is 4.79 Å². The van der Waals surface area contributed by atoms with Crippen molar-refractivity contribution in [1.82, 2.24) is 10.6 Å². The zero-order valence-corrected chi connectivity index (χ0v) is 11.3. The first-order valence-corrected chi connectivity index (χ1v) is 7.11. The van der Waals surface area contributed by atoms with E-state index in [1.54, 1.807) is 0 Å². The molecule has 1 fully saturated rings. The van der Waals surface area contributed by atoms with Gasteiger partial charge in [-0.05, 0) is 25.5 Å². The molecule has 2 unspecified atom stereocenters. The highest BCUT2D eigenvalue weighted by molar-refractivity contribution is 7.99. The fourth-order valence-corrected chi connectivity index (χ4v) is 2.82. The third-order valence-corrected chi connectivity index (χ3v) is 3.87. The van der Waals surface area contributed by atoms with Crippen LogP contribution in [0.5, 0.6) is 0 Å². The second kappa shape index (κ2) is 6.84. The molecular weight excluding hydrogens is 256 g/mol. The Balaban J connectivity index is 2.25. The lowest BCUT2D eigenvalue weighted by atomic mass is 10.0. The Kier molecular flexibility index (Phi) is 5.74. The van der Waals surface area contributed by atoms with Crippen molar-refractivity contribution in [2.24, 2.45) is 0 Å². The van der Waals surface area contributed by atoms with Crippen molar-refractivity contribution in [2.45, 2.75) is 37.8 Å². The number of hydrogen-bond acceptors (Lipinski definition) is 4. The zero-order chi connectivity index (χ0) is 13.6. The van der Waals surface area contributed by atoms with E-state index in [1.807, 2.05) is 11.8 Å². The van der Waals surface area contributed by atoms with Crippen molar-refractivity contribution >= 4 is 23.8 Å². The molecule has 1 rings (SSSR count). The van der Waals surface area contributed by atoms with Gasteiger partial charge >= 0.3 is 12.0 Å². The predicted molar refractivity (Wildman–Crippen MR) is 69.8 cm³/mol. The van der Waals surface area contributed by atoms with Crippen LogP contribution in [-0.4, -0.2) is 51.9 Å². The van der Waals surface area contributed by atoms with Gasteiger partial charge < -0.3 is 20.8 Å². The van der Waals surface area contributed by atoms with Crippen molar-refractivity contribution in [1.29, 1.82) is 0 Å². The summed E-state index contributed by atoms with van der Waals surface area (Å²) in [5.74, 6) is 0.942. The molecule has 0 aromatic carbocycles. The number of carbonyl (C=O) groups excluding carboxylic acids is 1. The summed E-state index contributed by atoms with van der Waals surface area (Å²) in [7, 11) is 0. The van der Waals surface area contributed by atoms with Crippen molar-refractivity contribution in [3.8, 4) is 0 Å². The van der Waals surface area contributed by atoms with Gasteiger partial charge in [0.2, 0.25) is 0 Å². The molecule has 0 bridgehead atoms. The van der Waals surface area contributed by atoms with Crippen LogP contribution in [0.3, 0.4) is 0 Å². The summed E-state index contributed by atoms with van der Waals surface area (Å²) in [6, 6.07) is -0.193. The molecule has 6 nitrogen and oxygen atoms in total. The Labute approximate surface area is 111 Å². The lowest BCUT2D eigenvalue weighted by Crippen LogP contribution is -2.49. The van der Waals surface area contributed by atoms with E-state index < -0.39 is 18.0 Å². The first-order valence-electron chi connectivity index (χ1n) is 5.95. The van der Waals surface area contributed by atoms with Gasteiger partial charge in [-0.2, -0.15) is 11.8 Å². The van der Waals surface area contributed by atoms with Crippen LogP contribution >= 0.6 is 11.8 Å². The summed E-state index contributed by atoms with van der Waals surface area (Å²) in [5.41, 5.74) is -1.43. The maximum absolute atomic E-state index is 11.6. The van der Waals surface area contributed by atoms with Gasteiger partial charge in [-0.15, -0.1) is 0 Å². The average molecular weight is 276 g/mol.